The summed E-state index contributed by atoms with van der Waals surface area (Å²) in [4.78, 5) is 17.8. The number of hydrogen-bond acceptors (Lipinski definition) is 5. The Hall–Kier alpha value is -2.73. The summed E-state index contributed by atoms with van der Waals surface area (Å²) in [6.07, 6.45) is 5.35. The third kappa shape index (κ3) is 5.84. The maximum absolute atomic E-state index is 13.3. The Morgan fingerprint density at radius 1 is 0.882 bits per heavy atom. The lowest BCUT2D eigenvalue weighted by molar-refractivity contribution is -0.138. The molecule has 0 saturated carbocycles. The topological polar surface area (TPSA) is 51.2 Å². The van der Waals surface area contributed by atoms with E-state index in [9.17, 15) is 4.79 Å². The van der Waals surface area contributed by atoms with Gasteiger partial charge in [0.1, 0.15) is 0 Å². The number of ether oxygens (including phenoxy) is 3. The monoisotopic (exact) mass is 466 g/mol. The van der Waals surface area contributed by atoms with Crippen LogP contribution in [0.15, 0.2) is 42.5 Å². The summed E-state index contributed by atoms with van der Waals surface area (Å²) in [5.41, 5.74) is 2.51. The predicted molar refractivity (Wildman–Crippen MR) is 134 cm³/mol. The molecule has 4 rings (SSSR count). The van der Waals surface area contributed by atoms with Crippen LogP contribution in [0, 0.1) is 11.8 Å². The van der Waals surface area contributed by atoms with E-state index in [-0.39, 0.29) is 5.92 Å². The number of piperidine rings is 2. The summed E-state index contributed by atoms with van der Waals surface area (Å²) in [5.74, 6) is 3.04. The normalized spacial score (nSPS) is 19.6. The smallest absolute Gasteiger partial charge is 0.226 e. The summed E-state index contributed by atoms with van der Waals surface area (Å²) in [7, 11) is 4.89. The molecule has 6 nitrogen and oxygen atoms in total. The summed E-state index contributed by atoms with van der Waals surface area (Å²) in [5, 5.41) is 0. The van der Waals surface area contributed by atoms with Gasteiger partial charge in [-0.1, -0.05) is 30.3 Å². The van der Waals surface area contributed by atoms with Crippen molar-refractivity contribution in [3.8, 4) is 17.2 Å². The van der Waals surface area contributed by atoms with E-state index in [0.29, 0.717) is 29.1 Å². The van der Waals surface area contributed by atoms with E-state index in [1.54, 1.807) is 21.3 Å². The van der Waals surface area contributed by atoms with Crippen LogP contribution in [-0.2, 0) is 17.8 Å². The highest BCUT2D eigenvalue weighted by atomic mass is 16.5. The fraction of sp³-hybridized carbons (Fsp3) is 0.536. The van der Waals surface area contributed by atoms with Crippen LogP contribution < -0.4 is 14.2 Å². The number of nitrogens with zero attached hydrogens (tertiary/aromatic N) is 2. The predicted octanol–water partition coefficient (Wildman–Crippen LogP) is 4.41. The average molecular weight is 467 g/mol. The summed E-state index contributed by atoms with van der Waals surface area (Å²) in [6, 6.07) is 14.7. The molecule has 0 aliphatic carbocycles. The fourth-order valence-electron chi connectivity index (χ4n) is 5.45. The van der Waals surface area contributed by atoms with E-state index in [2.05, 4.69) is 40.1 Å². The van der Waals surface area contributed by atoms with Crippen molar-refractivity contribution in [1.82, 2.24) is 9.80 Å². The van der Waals surface area contributed by atoms with E-state index in [1.807, 2.05) is 12.1 Å². The van der Waals surface area contributed by atoms with Gasteiger partial charge in [-0.3, -0.25) is 9.69 Å². The van der Waals surface area contributed by atoms with Crippen LogP contribution in [0.4, 0.5) is 0 Å². The minimum atomic E-state index is 0.0847. The van der Waals surface area contributed by atoms with E-state index in [4.69, 9.17) is 14.2 Å². The molecule has 2 fully saturated rings. The molecule has 0 unspecified atom stereocenters. The first-order valence-corrected chi connectivity index (χ1v) is 12.4. The molecule has 0 spiro atoms. The van der Waals surface area contributed by atoms with Crippen LogP contribution in [0.2, 0.25) is 0 Å². The molecule has 1 amide bonds. The van der Waals surface area contributed by atoms with Crippen LogP contribution in [0.25, 0.3) is 0 Å². The molecule has 6 heteroatoms. The van der Waals surface area contributed by atoms with E-state index in [0.717, 1.165) is 70.4 Å². The van der Waals surface area contributed by atoms with Crippen molar-refractivity contribution >= 4 is 5.91 Å². The highest BCUT2D eigenvalue weighted by molar-refractivity contribution is 5.79. The second-order valence-electron chi connectivity index (χ2n) is 9.57. The zero-order valence-corrected chi connectivity index (χ0v) is 20.8. The number of amides is 1. The molecule has 2 saturated heterocycles. The second kappa shape index (κ2) is 11.6. The van der Waals surface area contributed by atoms with Crippen molar-refractivity contribution in [3.63, 3.8) is 0 Å². The van der Waals surface area contributed by atoms with Gasteiger partial charge in [0.25, 0.3) is 0 Å². The first kappa shape index (κ1) is 24.4. The fourth-order valence-corrected chi connectivity index (χ4v) is 5.45. The average Bonchev–Trinajstić information content (AvgIpc) is 2.89. The number of likely N-dealkylation sites (tertiary alicyclic amines) is 2. The van der Waals surface area contributed by atoms with Crippen LogP contribution in [0.1, 0.15) is 36.8 Å². The van der Waals surface area contributed by atoms with Gasteiger partial charge in [-0.15, -0.1) is 0 Å². The van der Waals surface area contributed by atoms with Crippen LogP contribution in [0.3, 0.4) is 0 Å². The Morgan fingerprint density at radius 3 is 2.18 bits per heavy atom. The highest BCUT2D eigenvalue weighted by Gasteiger charge is 2.31. The van der Waals surface area contributed by atoms with Crippen molar-refractivity contribution in [2.45, 2.75) is 38.6 Å². The van der Waals surface area contributed by atoms with Gasteiger partial charge >= 0.3 is 0 Å². The largest absolute Gasteiger partial charge is 0.493 e. The summed E-state index contributed by atoms with van der Waals surface area (Å²) >= 11 is 0. The zero-order chi connectivity index (χ0) is 23.9. The molecule has 0 radical (unpaired) electrons. The van der Waals surface area contributed by atoms with Crippen molar-refractivity contribution < 1.29 is 19.0 Å². The SMILES string of the molecule is COc1cc(CN2CCC[C@@H](C(=O)N3CCC(Cc4ccccc4)CC3)C2)cc(OC)c1OC. The third-order valence-corrected chi connectivity index (χ3v) is 7.28. The van der Waals surface area contributed by atoms with Crippen molar-refractivity contribution in [2.24, 2.45) is 11.8 Å². The van der Waals surface area contributed by atoms with Crippen LogP contribution >= 0.6 is 0 Å². The Kier molecular flexibility index (Phi) is 8.33. The van der Waals surface area contributed by atoms with Gasteiger partial charge in [0.15, 0.2) is 11.5 Å². The maximum atomic E-state index is 13.3. The molecule has 2 aromatic rings. The van der Waals surface area contributed by atoms with E-state index < -0.39 is 0 Å². The lowest BCUT2D eigenvalue weighted by Crippen LogP contribution is -2.47. The molecule has 34 heavy (non-hydrogen) atoms. The van der Waals surface area contributed by atoms with Crippen molar-refractivity contribution in [3.05, 3.63) is 53.6 Å². The number of benzene rings is 2. The van der Waals surface area contributed by atoms with Gasteiger partial charge in [0, 0.05) is 26.2 Å². The number of carbonyl (C=O) groups excluding carboxylic acids is 1. The molecule has 2 aliphatic heterocycles. The quantitative estimate of drug-likeness (QED) is 0.577. The Morgan fingerprint density at radius 2 is 1.56 bits per heavy atom. The van der Waals surface area contributed by atoms with Gasteiger partial charge in [-0.2, -0.15) is 0 Å². The third-order valence-electron chi connectivity index (χ3n) is 7.28. The molecule has 184 valence electrons. The first-order chi connectivity index (χ1) is 16.6. The van der Waals surface area contributed by atoms with Gasteiger partial charge < -0.3 is 19.1 Å². The minimum Gasteiger partial charge on any atom is -0.493 e. The summed E-state index contributed by atoms with van der Waals surface area (Å²) < 4.78 is 16.5. The van der Waals surface area contributed by atoms with E-state index in [1.165, 1.54) is 5.56 Å². The standard InChI is InChI=1S/C28H38N2O4/c1-32-25-17-23(18-26(33-2)27(25)34-3)19-29-13-7-10-24(20-29)28(31)30-14-11-22(12-15-30)16-21-8-5-4-6-9-21/h4-6,8-9,17-18,22,24H,7,10-16,19-20H2,1-3H3/t24-/m1/s1. The van der Waals surface area contributed by atoms with Crippen LogP contribution in [-0.4, -0.2) is 63.2 Å². The molecule has 1 atom stereocenters. The molecule has 0 N–H and O–H groups in total. The molecule has 0 bridgehead atoms. The molecular formula is C28H38N2O4. The van der Waals surface area contributed by atoms with Crippen molar-refractivity contribution in [1.29, 1.82) is 0 Å². The van der Waals surface area contributed by atoms with Crippen molar-refractivity contribution in [2.75, 3.05) is 47.5 Å². The number of rotatable bonds is 8. The first-order valence-electron chi connectivity index (χ1n) is 12.4. The Balaban J connectivity index is 1.32. The number of methoxy groups -OCH3 is 3. The lowest BCUT2D eigenvalue weighted by atomic mass is 9.89. The van der Waals surface area contributed by atoms with Gasteiger partial charge in [0.05, 0.1) is 27.2 Å². The van der Waals surface area contributed by atoms with E-state index >= 15 is 0 Å². The molecule has 2 heterocycles. The Labute approximate surface area is 203 Å². The molecule has 2 aromatic carbocycles. The van der Waals surface area contributed by atoms with Gasteiger partial charge in [-0.05, 0) is 67.8 Å². The lowest BCUT2D eigenvalue weighted by Gasteiger charge is -2.38. The Bertz CT molecular complexity index is 916. The number of carbonyl (C=O) groups is 1. The molecule has 2 aliphatic rings. The maximum Gasteiger partial charge on any atom is 0.226 e. The minimum absolute atomic E-state index is 0.0847. The number of hydrogen-bond donors (Lipinski definition) is 0. The molecular weight excluding hydrogens is 428 g/mol. The highest BCUT2D eigenvalue weighted by Crippen LogP contribution is 2.38. The van der Waals surface area contributed by atoms with Crippen LogP contribution in [0.5, 0.6) is 17.2 Å². The summed E-state index contributed by atoms with van der Waals surface area (Å²) in [6.45, 7) is 4.35. The van der Waals surface area contributed by atoms with Gasteiger partial charge in [-0.25, -0.2) is 0 Å². The second-order valence-corrected chi connectivity index (χ2v) is 9.57. The van der Waals surface area contributed by atoms with Gasteiger partial charge in [0.2, 0.25) is 11.7 Å². The molecule has 0 aromatic heterocycles. The zero-order valence-electron chi connectivity index (χ0n) is 20.8.